The van der Waals surface area contributed by atoms with E-state index < -0.39 is 18.0 Å². The first kappa shape index (κ1) is 17.7. The monoisotopic (exact) mass is 273 g/mol. The molecule has 0 aromatic carbocycles. The Kier molecular flexibility index (Phi) is 8.14. The molecule has 0 saturated heterocycles. The average Bonchev–Trinajstić information content (AvgIpc) is 2.30. The summed E-state index contributed by atoms with van der Waals surface area (Å²) in [5.41, 5.74) is 0. The quantitative estimate of drug-likeness (QED) is 0.622. The Hall–Kier alpha value is -1.30. The third-order valence-electron chi connectivity index (χ3n) is 2.99. The van der Waals surface area contributed by atoms with Crippen LogP contribution in [0.1, 0.15) is 41.0 Å². The zero-order chi connectivity index (χ0) is 15.0. The second-order valence-corrected chi connectivity index (χ2v) is 5.12. The highest BCUT2D eigenvalue weighted by Crippen LogP contribution is 2.03. The van der Waals surface area contributed by atoms with Crippen LogP contribution in [0.15, 0.2) is 0 Å². The fourth-order valence-electron chi connectivity index (χ4n) is 1.96. The predicted octanol–water partition coefficient (Wildman–Crippen LogP) is 1.27. The maximum atomic E-state index is 11.5. The van der Waals surface area contributed by atoms with Crippen molar-refractivity contribution in [2.24, 2.45) is 0 Å². The maximum Gasteiger partial charge on any atom is 0.326 e. The molecule has 0 aliphatic heterocycles. The summed E-state index contributed by atoms with van der Waals surface area (Å²) in [6.45, 7) is 11.4. The van der Waals surface area contributed by atoms with Crippen LogP contribution in [-0.4, -0.2) is 53.2 Å². The Labute approximate surface area is 115 Å². The van der Waals surface area contributed by atoms with Gasteiger partial charge in [-0.1, -0.05) is 6.92 Å². The predicted molar refractivity (Wildman–Crippen MR) is 75.2 cm³/mol. The van der Waals surface area contributed by atoms with Gasteiger partial charge in [0.2, 0.25) is 0 Å². The van der Waals surface area contributed by atoms with Gasteiger partial charge in [-0.05, 0) is 34.1 Å². The summed E-state index contributed by atoms with van der Waals surface area (Å²) >= 11 is 0. The lowest BCUT2D eigenvalue weighted by molar-refractivity contribution is -0.139. The Bertz CT molecular complexity index is 285. The lowest BCUT2D eigenvalue weighted by Gasteiger charge is -2.30. The van der Waals surface area contributed by atoms with E-state index in [-0.39, 0.29) is 0 Å². The Balaban J connectivity index is 4.06. The molecule has 112 valence electrons. The van der Waals surface area contributed by atoms with Gasteiger partial charge in [-0.3, -0.25) is 4.90 Å². The molecule has 0 fully saturated rings. The number of hydrogen-bond donors (Lipinski definition) is 3. The van der Waals surface area contributed by atoms with Crippen molar-refractivity contribution in [2.45, 2.75) is 59.2 Å². The molecule has 3 N–H and O–H groups in total. The molecule has 19 heavy (non-hydrogen) atoms. The van der Waals surface area contributed by atoms with Crippen molar-refractivity contribution in [1.29, 1.82) is 0 Å². The molecule has 0 aliphatic rings. The molecule has 0 rings (SSSR count). The number of rotatable bonds is 8. The molecule has 1 atom stereocenters. The number of amides is 2. The van der Waals surface area contributed by atoms with Gasteiger partial charge in [-0.15, -0.1) is 0 Å². The van der Waals surface area contributed by atoms with Crippen molar-refractivity contribution in [3.05, 3.63) is 0 Å². The van der Waals surface area contributed by atoms with Crippen LogP contribution < -0.4 is 10.6 Å². The van der Waals surface area contributed by atoms with Crippen molar-refractivity contribution in [1.82, 2.24) is 15.5 Å². The van der Waals surface area contributed by atoms with Gasteiger partial charge in [0.1, 0.15) is 6.04 Å². The van der Waals surface area contributed by atoms with Crippen molar-refractivity contribution in [3.8, 4) is 0 Å². The molecular formula is C13H27N3O3. The van der Waals surface area contributed by atoms with Gasteiger partial charge in [0.25, 0.3) is 0 Å². The molecule has 0 heterocycles. The molecule has 6 nitrogen and oxygen atoms in total. The summed E-state index contributed by atoms with van der Waals surface area (Å²) in [6.07, 6.45) is 0.368. The van der Waals surface area contributed by atoms with Gasteiger partial charge in [-0.2, -0.15) is 0 Å². The normalized spacial score (nSPS) is 12.8. The van der Waals surface area contributed by atoms with E-state index in [1.165, 1.54) is 0 Å². The van der Waals surface area contributed by atoms with Gasteiger partial charge < -0.3 is 15.7 Å². The third kappa shape index (κ3) is 7.00. The van der Waals surface area contributed by atoms with E-state index in [1.54, 1.807) is 6.92 Å². The van der Waals surface area contributed by atoms with Gasteiger partial charge in [0.15, 0.2) is 0 Å². The highest BCUT2D eigenvalue weighted by molar-refractivity contribution is 5.82. The van der Waals surface area contributed by atoms with Crippen LogP contribution in [0, 0.1) is 0 Å². The van der Waals surface area contributed by atoms with Gasteiger partial charge in [0, 0.05) is 25.2 Å². The van der Waals surface area contributed by atoms with Crippen LogP contribution in [0.2, 0.25) is 0 Å². The number of nitrogens with zero attached hydrogens (tertiary/aromatic N) is 1. The summed E-state index contributed by atoms with van der Waals surface area (Å²) in [5.74, 6) is -1.01. The molecule has 0 aromatic heterocycles. The van der Waals surface area contributed by atoms with E-state index in [2.05, 4.69) is 43.2 Å². The minimum Gasteiger partial charge on any atom is -0.480 e. The summed E-state index contributed by atoms with van der Waals surface area (Å²) < 4.78 is 0. The van der Waals surface area contributed by atoms with E-state index in [4.69, 9.17) is 5.11 Å². The number of hydrogen-bond acceptors (Lipinski definition) is 3. The number of nitrogens with one attached hydrogen (secondary N) is 2. The minimum atomic E-state index is -1.01. The smallest absolute Gasteiger partial charge is 0.326 e. The van der Waals surface area contributed by atoms with Crippen molar-refractivity contribution >= 4 is 12.0 Å². The van der Waals surface area contributed by atoms with Crippen LogP contribution in [-0.2, 0) is 4.79 Å². The van der Waals surface area contributed by atoms with Gasteiger partial charge in [-0.25, -0.2) is 9.59 Å². The third-order valence-corrected chi connectivity index (χ3v) is 2.99. The van der Waals surface area contributed by atoms with Crippen LogP contribution in [0.5, 0.6) is 0 Å². The molecule has 0 saturated carbocycles. The summed E-state index contributed by atoms with van der Waals surface area (Å²) in [4.78, 5) is 24.6. The van der Waals surface area contributed by atoms with Gasteiger partial charge >= 0.3 is 12.0 Å². The number of carboxylic acid groups (broad SMARTS) is 1. The average molecular weight is 273 g/mol. The second kappa shape index (κ2) is 8.74. The van der Waals surface area contributed by atoms with Crippen LogP contribution >= 0.6 is 0 Å². The molecule has 6 heteroatoms. The minimum absolute atomic E-state index is 0.368. The van der Waals surface area contributed by atoms with Crippen LogP contribution in [0.3, 0.4) is 0 Å². The lowest BCUT2D eigenvalue weighted by Crippen LogP contribution is -2.48. The van der Waals surface area contributed by atoms with E-state index >= 15 is 0 Å². The highest BCUT2D eigenvalue weighted by Gasteiger charge is 2.17. The van der Waals surface area contributed by atoms with Gasteiger partial charge in [0.05, 0.1) is 0 Å². The number of urea groups is 1. The van der Waals surface area contributed by atoms with Crippen molar-refractivity contribution in [3.63, 3.8) is 0 Å². The lowest BCUT2D eigenvalue weighted by atomic mass is 10.2. The molecule has 2 amide bonds. The van der Waals surface area contributed by atoms with E-state index in [0.29, 0.717) is 25.0 Å². The van der Waals surface area contributed by atoms with Crippen LogP contribution in [0.4, 0.5) is 4.79 Å². The standard InChI is InChI=1S/C13H27N3O3/c1-6-11(12(17)18)15-13(19)14-7-8-16(9(2)3)10(4)5/h9-11H,6-8H2,1-5H3,(H,17,18)(H2,14,15,19). The second-order valence-electron chi connectivity index (χ2n) is 5.12. The molecule has 1 unspecified atom stereocenters. The van der Waals surface area contributed by atoms with E-state index in [9.17, 15) is 9.59 Å². The number of carbonyl (C=O) groups is 2. The number of carbonyl (C=O) groups excluding carboxylic acids is 1. The molecule has 0 bridgehead atoms. The first-order valence-electron chi connectivity index (χ1n) is 6.82. The zero-order valence-electron chi connectivity index (χ0n) is 12.6. The first-order valence-corrected chi connectivity index (χ1v) is 6.82. The van der Waals surface area contributed by atoms with E-state index in [1.807, 2.05) is 0 Å². The topological polar surface area (TPSA) is 81.7 Å². The largest absolute Gasteiger partial charge is 0.480 e. The molecular weight excluding hydrogens is 246 g/mol. The van der Waals surface area contributed by atoms with E-state index in [0.717, 1.165) is 6.54 Å². The summed E-state index contributed by atoms with van der Waals surface area (Å²) in [7, 11) is 0. The Morgan fingerprint density at radius 2 is 1.68 bits per heavy atom. The maximum absolute atomic E-state index is 11.5. The number of aliphatic carboxylic acids is 1. The molecule has 0 aliphatic carbocycles. The Morgan fingerprint density at radius 3 is 2.05 bits per heavy atom. The molecule has 0 aromatic rings. The number of carboxylic acids is 1. The Morgan fingerprint density at radius 1 is 1.16 bits per heavy atom. The summed E-state index contributed by atoms with van der Waals surface area (Å²) in [5, 5.41) is 13.9. The molecule has 0 radical (unpaired) electrons. The fourth-order valence-corrected chi connectivity index (χ4v) is 1.96. The van der Waals surface area contributed by atoms with Crippen LogP contribution in [0.25, 0.3) is 0 Å². The fraction of sp³-hybridized carbons (Fsp3) is 0.846. The van der Waals surface area contributed by atoms with Crippen molar-refractivity contribution in [2.75, 3.05) is 13.1 Å². The SMILES string of the molecule is CCC(NC(=O)NCCN(C(C)C)C(C)C)C(=O)O. The highest BCUT2D eigenvalue weighted by atomic mass is 16.4. The zero-order valence-corrected chi connectivity index (χ0v) is 12.6. The first-order chi connectivity index (χ1) is 8.79. The summed E-state index contributed by atoms with van der Waals surface area (Å²) in [6, 6.07) is -0.437. The molecule has 0 spiro atoms. The van der Waals surface area contributed by atoms with Crippen molar-refractivity contribution < 1.29 is 14.7 Å².